The summed E-state index contributed by atoms with van der Waals surface area (Å²) < 4.78 is 70.0. The number of phenolic OH excluding ortho intramolecular Hbond substituents is 3. The highest BCUT2D eigenvalue weighted by atomic mass is 35.5. The minimum absolute atomic E-state index is 0.0866. The number of aromatic amines is 2. The van der Waals surface area contributed by atoms with E-state index in [1.807, 2.05) is 72.8 Å². The summed E-state index contributed by atoms with van der Waals surface area (Å²) in [5.74, 6) is -0.939. The van der Waals surface area contributed by atoms with E-state index in [4.69, 9.17) is 91.6 Å². The summed E-state index contributed by atoms with van der Waals surface area (Å²) in [7, 11) is 4.87. The average molecular weight is 2030 g/mol. The van der Waals surface area contributed by atoms with Gasteiger partial charge in [-0.2, -0.15) is 0 Å². The molecule has 0 unspecified atom stereocenters. The van der Waals surface area contributed by atoms with Crippen molar-refractivity contribution < 1.29 is 101 Å². The molecule has 12 heterocycles. The predicted octanol–water partition coefficient (Wildman–Crippen LogP) is 11.6. The second-order valence-corrected chi connectivity index (χ2v) is 34.3. The van der Waals surface area contributed by atoms with Crippen LogP contribution in [0.5, 0.6) is 17.2 Å². The number of alkyl halides is 3. The van der Waals surface area contributed by atoms with Crippen LogP contribution in [-0.2, 0) is 76.5 Å². The van der Waals surface area contributed by atoms with E-state index in [-0.39, 0.29) is 81.3 Å². The SMILES string of the molecule is COCCOCCOCCOCCn1cc(C(=O)Nc2cc3cc(C(=O)N4C[C@@H](CCl)c5c4cc(O)c4ccccc54)[nH]c3cn2)nn1.COCCOCCOCCOCCn1cc(C(=O)Nc2ccc3nc(C(=O)N4C[C@@H](CCl)c5c4cc(O)c4ccccc54)cn3c2)nn1.COCCOCCOCCOCCn1cc(C(=O)Nc2cnc3[nH]c(C(=O)N4C[C@@H](CCl)c5c4cc(O)c4ccccc54)cc3c2)nn1. The number of pyridine rings is 3. The van der Waals surface area contributed by atoms with E-state index in [1.165, 1.54) is 32.6 Å². The molecule has 0 aliphatic carbocycles. The van der Waals surface area contributed by atoms with Crippen LogP contribution < -0.4 is 30.7 Å². The monoisotopic (exact) mass is 2030 g/mol. The molecule has 42 nitrogen and oxygen atoms in total. The van der Waals surface area contributed by atoms with Gasteiger partial charge in [0, 0.05) is 134 Å². The molecule has 45 heteroatoms. The summed E-state index contributed by atoms with van der Waals surface area (Å²) in [6, 6.07) is 37.7. The maximum atomic E-state index is 13.8. The van der Waals surface area contributed by atoms with Crippen LogP contribution in [0.25, 0.3) is 59.9 Å². The number of amides is 6. The van der Waals surface area contributed by atoms with Gasteiger partial charge >= 0.3 is 0 Å². The van der Waals surface area contributed by atoms with E-state index in [0.717, 1.165) is 43.6 Å². The van der Waals surface area contributed by atoms with Crippen molar-refractivity contribution in [3.63, 3.8) is 0 Å². The number of fused-ring (bicyclic) bond motifs is 12. The smallest absolute Gasteiger partial charge is 0.278 e. The van der Waals surface area contributed by atoms with Gasteiger partial charge in [-0.15, -0.1) is 50.1 Å². The van der Waals surface area contributed by atoms with Gasteiger partial charge < -0.3 is 117 Å². The van der Waals surface area contributed by atoms with Gasteiger partial charge in [0.2, 0.25) is 0 Å². The Morgan fingerprint density at radius 3 is 1.15 bits per heavy atom. The van der Waals surface area contributed by atoms with Gasteiger partial charge in [0.1, 0.15) is 51.4 Å². The number of hydrogen-bond acceptors (Lipinski definition) is 30. The number of nitrogens with one attached hydrogen (secondary N) is 5. The van der Waals surface area contributed by atoms with Crippen molar-refractivity contribution in [2.75, 3.05) is 228 Å². The zero-order valence-electron chi connectivity index (χ0n) is 79.1. The number of hydrogen-bond donors (Lipinski definition) is 8. The Morgan fingerprint density at radius 2 is 0.743 bits per heavy atom. The Hall–Kier alpha value is -13.8. The van der Waals surface area contributed by atoms with Crippen LogP contribution in [0.15, 0.2) is 171 Å². The highest BCUT2D eigenvalue weighted by molar-refractivity contribution is 6.21. The van der Waals surface area contributed by atoms with Crippen LogP contribution in [0.4, 0.5) is 34.3 Å². The number of anilines is 6. The van der Waals surface area contributed by atoms with Gasteiger partial charge in [0.25, 0.3) is 35.4 Å². The van der Waals surface area contributed by atoms with Gasteiger partial charge in [0.05, 0.1) is 223 Å². The Kier molecular flexibility index (Phi) is 36.1. The van der Waals surface area contributed by atoms with Crippen molar-refractivity contribution in [2.45, 2.75) is 37.4 Å². The Bertz CT molecular complexity index is 6330. The third kappa shape index (κ3) is 25.3. The molecule has 3 aliphatic heterocycles. The summed E-state index contributed by atoms with van der Waals surface area (Å²) in [5.41, 5.74) is 8.53. The van der Waals surface area contributed by atoms with Crippen molar-refractivity contribution in [1.29, 1.82) is 0 Å². The number of methoxy groups -OCH3 is 3. The molecule has 0 radical (unpaired) electrons. The van der Waals surface area contributed by atoms with Gasteiger partial charge in [-0.05, 0) is 69.2 Å². The maximum Gasteiger partial charge on any atom is 0.278 e. The molecule has 9 aromatic heterocycles. The normalized spacial score (nSPS) is 14.2. The third-order valence-corrected chi connectivity index (χ3v) is 24.9. The Balaban J connectivity index is 0.000000155. The lowest BCUT2D eigenvalue weighted by molar-refractivity contribution is 0.00244. The number of H-pyrrole nitrogens is 2. The van der Waals surface area contributed by atoms with Crippen molar-refractivity contribution >= 4 is 164 Å². The largest absolute Gasteiger partial charge is 0.507 e. The fraction of sp³-hybridized carbons (Fsp3) is 0.364. The highest BCUT2D eigenvalue weighted by Gasteiger charge is 2.40. The molecule has 0 saturated heterocycles. The number of imidazole rings is 1. The topological polar surface area (TPSA) is 486 Å². The second-order valence-electron chi connectivity index (χ2n) is 33.4. The van der Waals surface area contributed by atoms with E-state index in [9.17, 15) is 44.1 Å². The van der Waals surface area contributed by atoms with E-state index >= 15 is 0 Å². The van der Waals surface area contributed by atoms with Crippen LogP contribution >= 0.6 is 34.8 Å². The van der Waals surface area contributed by atoms with E-state index in [1.54, 1.807) is 120 Å². The molecule has 756 valence electrons. The minimum atomic E-state index is -0.477. The molecular weight excluding hydrogens is 1930 g/mol. The van der Waals surface area contributed by atoms with Crippen LogP contribution in [0, 0.1) is 0 Å². The molecule has 15 aromatic rings. The summed E-state index contributed by atoms with van der Waals surface area (Å²) >= 11 is 19.0. The number of carbonyl (C=O) groups excluding carboxylic acids is 6. The zero-order chi connectivity index (χ0) is 100. The first-order chi connectivity index (χ1) is 70.4. The standard InChI is InChI=1S/3C33H36ClN7O7/c1-45-8-9-47-12-13-48-11-10-46-7-6-40-20-27(38-39-40)32(43)36-23-14-21-15-26(37-31(21)35-18-23)33(44)41-19-22(17-34)30-25-5-3-2-4-24(25)29(42)16-28(30)41;1-45-8-9-47-12-13-48-11-10-46-7-6-40-20-27(38-39-40)32(43)37-30-15-21-14-25(36-26(21)18-35-30)33(44)41-19-22(17-34)31-24-5-3-2-4-23(24)29(42)16-28(31)41;1-45-10-11-47-14-15-48-13-12-46-9-8-40-21-26(37-38-40)32(43)35-23-6-7-30-36-27(20-39(30)19-23)33(44)41-18-22(17-34)31-25-5-3-2-4-24(25)29(42)16-28(31)41/h2-5,14-16,18,20,22,42H,6-13,17,19H2,1H3,(H,35,37)(H,36,43);2-5,14-16,18,20,22,36,42H,6-13,17,19H2,1H3,(H,35,37,43);2-7,16,19-22,42H,8-15,17-18H2,1H3,(H,35,43)/t3*22-/m111/s1. The molecular formula is C99H108Cl3N21O21. The lowest BCUT2D eigenvalue weighted by atomic mass is 9.95. The van der Waals surface area contributed by atoms with Crippen molar-refractivity contribution in [1.82, 2.24) is 74.3 Å². The average Bonchev–Trinajstić information content (AvgIpc) is 1.60. The number of phenols is 3. The molecule has 6 aromatic carbocycles. The molecule has 0 bridgehead atoms. The first kappa shape index (κ1) is 103. The number of aromatic hydroxyl groups is 3. The van der Waals surface area contributed by atoms with Gasteiger partial charge in [-0.25, -0.2) is 29.0 Å². The summed E-state index contributed by atoms with van der Waals surface area (Å²) in [6.45, 7) is 12.3. The molecule has 18 rings (SSSR count). The fourth-order valence-corrected chi connectivity index (χ4v) is 17.6. The van der Waals surface area contributed by atoms with Crippen molar-refractivity contribution in [2.24, 2.45) is 0 Å². The number of benzene rings is 6. The van der Waals surface area contributed by atoms with E-state index in [2.05, 4.69) is 71.8 Å². The van der Waals surface area contributed by atoms with E-state index < -0.39 is 17.7 Å². The van der Waals surface area contributed by atoms with Gasteiger partial charge in [0.15, 0.2) is 17.1 Å². The first-order valence-corrected chi connectivity index (χ1v) is 48.1. The molecule has 3 atom stereocenters. The number of carbonyl (C=O) groups is 6. The molecule has 0 saturated carbocycles. The molecule has 144 heavy (non-hydrogen) atoms. The van der Waals surface area contributed by atoms with E-state index in [0.29, 0.717) is 268 Å². The van der Waals surface area contributed by atoms with Crippen LogP contribution in [0.2, 0.25) is 0 Å². The van der Waals surface area contributed by atoms with Gasteiger partial charge in [-0.3, -0.25) is 28.8 Å². The third-order valence-electron chi connectivity index (χ3n) is 23.8. The van der Waals surface area contributed by atoms with Crippen molar-refractivity contribution in [3.05, 3.63) is 222 Å². The second kappa shape index (κ2) is 50.4. The molecule has 0 spiro atoms. The summed E-state index contributed by atoms with van der Waals surface area (Å²) in [6.07, 6.45) is 10.9. The number of ether oxygens (including phenoxy) is 12. The summed E-state index contributed by atoms with van der Waals surface area (Å²) in [5, 5.41) is 70.5. The quantitative estimate of drug-likeness (QED) is 0.0130. The zero-order valence-corrected chi connectivity index (χ0v) is 81.4. The minimum Gasteiger partial charge on any atom is -0.507 e. The van der Waals surface area contributed by atoms with Crippen LogP contribution in [-0.4, -0.2) is 322 Å². The first-order valence-electron chi connectivity index (χ1n) is 46.5. The number of halogens is 3. The molecule has 8 N–H and O–H groups in total. The lowest BCUT2D eigenvalue weighted by Gasteiger charge is -2.17. The lowest BCUT2D eigenvalue weighted by Crippen LogP contribution is -2.30. The molecule has 3 aliphatic rings. The number of rotatable bonds is 48. The molecule has 0 fully saturated rings. The fourth-order valence-electron chi connectivity index (χ4n) is 16.9. The summed E-state index contributed by atoms with van der Waals surface area (Å²) in [4.78, 5) is 104. The predicted molar refractivity (Wildman–Crippen MR) is 537 cm³/mol. The number of nitrogens with zero attached hydrogens (tertiary/aromatic N) is 16. The Labute approximate surface area is 839 Å². The molecule has 6 amide bonds. The maximum absolute atomic E-state index is 13.8. The van der Waals surface area contributed by atoms with Crippen LogP contribution in [0.3, 0.4) is 0 Å². The number of aromatic nitrogens is 15. The highest BCUT2D eigenvalue weighted by Crippen LogP contribution is 2.49. The van der Waals surface area contributed by atoms with Crippen LogP contribution in [0.1, 0.15) is 97.4 Å². The van der Waals surface area contributed by atoms with Gasteiger partial charge in [-0.1, -0.05) is 88.4 Å². The van der Waals surface area contributed by atoms with Crippen molar-refractivity contribution in [3.8, 4) is 17.2 Å². The Morgan fingerprint density at radius 1 is 0.375 bits per heavy atom.